The van der Waals surface area contributed by atoms with Crippen LogP contribution in [0, 0.1) is 6.92 Å². The Balaban J connectivity index is 1.03. The molecule has 7 aromatic carbocycles. The highest BCUT2D eigenvalue weighted by Gasteiger charge is 2.26. The Labute approximate surface area is 380 Å². The largest absolute Gasteiger partial charge is 0.497 e. The molecule has 0 amide bonds. The molecule has 22 heteroatoms. The lowest BCUT2D eigenvalue weighted by molar-refractivity contribution is -0.432. The highest BCUT2D eigenvalue weighted by Crippen LogP contribution is 2.40. The minimum Gasteiger partial charge on any atom is -0.497 e. The van der Waals surface area contributed by atoms with Gasteiger partial charge in [0.25, 0.3) is 10.1 Å². The first kappa shape index (κ1) is 47.2. The fourth-order valence-corrected chi connectivity index (χ4v) is 10.4. The van der Waals surface area contributed by atoms with E-state index in [1.807, 2.05) is 36.4 Å². The van der Waals surface area contributed by atoms with Crippen molar-refractivity contribution in [2.45, 2.75) is 47.8 Å². The van der Waals surface area contributed by atoms with Gasteiger partial charge in [-0.05, 0) is 138 Å². The molecule has 7 aromatic rings. The van der Waals surface area contributed by atoms with E-state index in [4.69, 9.17) is 29.5 Å². The molecule has 0 aliphatic carbocycles. The third-order valence-corrected chi connectivity index (χ3v) is 15.2. The summed E-state index contributed by atoms with van der Waals surface area (Å²) >= 11 is 0.964. The molecule has 0 aliphatic heterocycles. The summed E-state index contributed by atoms with van der Waals surface area (Å²) < 4.78 is 121. The van der Waals surface area contributed by atoms with Crippen LogP contribution in [0.25, 0.3) is 10.8 Å². The molecule has 0 aromatic heterocycles. The monoisotopic (exact) mass is 982 g/mol. The minimum absolute atomic E-state index is 0.0397. The van der Waals surface area contributed by atoms with E-state index in [0.717, 1.165) is 22.9 Å². The van der Waals surface area contributed by atoms with Crippen molar-refractivity contribution in [3.05, 3.63) is 151 Å². The number of methoxy groups -OCH3 is 1. The summed E-state index contributed by atoms with van der Waals surface area (Å²) in [5, 5.41) is 26.6. The summed E-state index contributed by atoms with van der Waals surface area (Å²) in [7, 11) is -11.8. The number of sulfone groups is 2. The third kappa shape index (κ3) is 11.2. The molecule has 0 heterocycles. The summed E-state index contributed by atoms with van der Waals surface area (Å²) in [5.41, 5.74) is 1.16. The van der Waals surface area contributed by atoms with Crippen molar-refractivity contribution in [1.82, 2.24) is 0 Å². The number of ether oxygens (including phenoxy) is 4. The highest BCUT2D eigenvalue weighted by molar-refractivity contribution is 7.95. The van der Waals surface area contributed by atoms with Crippen LogP contribution in [0.15, 0.2) is 174 Å². The average molecular weight is 983 g/mol. The van der Waals surface area contributed by atoms with Crippen LogP contribution in [0.5, 0.6) is 34.5 Å². The van der Waals surface area contributed by atoms with Crippen LogP contribution in [-0.2, 0) is 55.1 Å². The summed E-state index contributed by atoms with van der Waals surface area (Å²) in [4.78, 5) is -1.27. The van der Waals surface area contributed by atoms with E-state index in [1.54, 1.807) is 38.3 Å². The lowest BCUT2D eigenvalue weighted by atomic mass is 10.1. The molecule has 3 N–H and O–H groups in total. The fourth-order valence-electron chi connectivity index (χ4n) is 6.15. The predicted molar refractivity (Wildman–Crippen MR) is 234 cm³/mol. The Kier molecular flexibility index (Phi) is 14.7. The predicted octanol–water partition coefficient (Wildman–Crippen LogP) is 10.1. The van der Waals surface area contributed by atoms with Crippen LogP contribution in [0.3, 0.4) is 0 Å². The van der Waals surface area contributed by atoms with Gasteiger partial charge in [-0.2, -0.15) is 8.42 Å². The second-order valence-electron chi connectivity index (χ2n) is 13.6. The standard InChI is InChI=1S/C43H34O17S5/c1-27-3-13-37(24-41(27)61-59-57-44)64(48,49)38-18-20-40(43(25-38)65(50,51)52)56-39-19-12-33(23-42(39)62-60-58-45)54-26-28-4-14-35(15-5-28)63(46,47)36-16-10-31(11-17-36)55-34-9-7-29-6-8-32(53-2)21-30(29)22-34/h3-25,44-45H,26H2,1-2H3,(H,50,51,52). The maximum absolute atomic E-state index is 13.6. The molecule has 0 unspecified atom stereocenters. The molecular weight excluding hydrogens is 949 g/mol. The smallest absolute Gasteiger partial charge is 0.298 e. The van der Waals surface area contributed by atoms with Crippen molar-refractivity contribution in [3.63, 3.8) is 0 Å². The Morgan fingerprint density at radius 3 is 1.71 bits per heavy atom. The molecule has 338 valence electrons. The number of rotatable bonds is 19. The van der Waals surface area contributed by atoms with E-state index in [0.29, 0.717) is 58.5 Å². The van der Waals surface area contributed by atoms with Crippen molar-refractivity contribution < 1.29 is 78.0 Å². The lowest BCUT2D eigenvalue weighted by Crippen LogP contribution is -2.07. The van der Waals surface area contributed by atoms with Gasteiger partial charge in [0.1, 0.15) is 46.0 Å². The SMILES string of the molecule is COc1ccc2ccc(Oc3ccc(S(=O)(=O)c4ccc(COc5ccc(Oc6ccc(S(=O)(=O)c7ccc(C)c(SOOO)c7)cc6S(=O)(=O)O)c(SOOO)c5)cc4)cc3)cc2c1. The molecule has 7 rings (SSSR count). The highest BCUT2D eigenvalue weighted by atomic mass is 32.2. The molecule has 0 radical (unpaired) electrons. The van der Waals surface area contributed by atoms with Gasteiger partial charge in [-0.3, -0.25) is 4.55 Å². The Hall–Kier alpha value is -5.73. The molecule has 0 saturated heterocycles. The van der Waals surface area contributed by atoms with Crippen LogP contribution < -0.4 is 18.9 Å². The number of benzene rings is 7. The normalized spacial score (nSPS) is 12.0. The summed E-state index contributed by atoms with van der Waals surface area (Å²) in [5.74, 6) is 1.35. The first-order chi connectivity index (χ1) is 31.1. The van der Waals surface area contributed by atoms with Gasteiger partial charge in [0.2, 0.25) is 19.7 Å². The van der Waals surface area contributed by atoms with E-state index in [-0.39, 0.29) is 42.6 Å². The van der Waals surface area contributed by atoms with Gasteiger partial charge >= 0.3 is 0 Å². The van der Waals surface area contributed by atoms with Gasteiger partial charge < -0.3 is 18.9 Å². The molecular formula is C43H34O17S5. The van der Waals surface area contributed by atoms with Gasteiger partial charge in [0.15, 0.2) is 0 Å². The maximum Gasteiger partial charge on any atom is 0.298 e. The first-order valence-electron chi connectivity index (χ1n) is 18.5. The average Bonchev–Trinajstić information content (AvgIpc) is 3.30. The molecule has 65 heavy (non-hydrogen) atoms. The second-order valence-corrected chi connectivity index (χ2v) is 20.3. The van der Waals surface area contributed by atoms with E-state index in [9.17, 15) is 29.8 Å². The van der Waals surface area contributed by atoms with Crippen molar-refractivity contribution in [1.29, 1.82) is 0 Å². The molecule has 0 bridgehead atoms. The maximum atomic E-state index is 13.6. The molecule has 0 atom stereocenters. The van der Waals surface area contributed by atoms with E-state index in [1.165, 1.54) is 60.7 Å². The minimum atomic E-state index is -5.10. The quantitative estimate of drug-likeness (QED) is 0.0296. The molecule has 0 saturated carbocycles. The van der Waals surface area contributed by atoms with E-state index < -0.39 is 45.3 Å². The summed E-state index contributed by atoms with van der Waals surface area (Å²) in [6, 6.07) is 34.3. The van der Waals surface area contributed by atoms with E-state index >= 15 is 0 Å². The van der Waals surface area contributed by atoms with E-state index in [2.05, 4.69) is 18.7 Å². The van der Waals surface area contributed by atoms with Crippen molar-refractivity contribution in [2.75, 3.05) is 7.11 Å². The first-order valence-corrected chi connectivity index (χ1v) is 24.4. The molecule has 0 spiro atoms. The van der Waals surface area contributed by atoms with Crippen LogP contribution in [0.2, 0.25) is 0 Å². The molecule has 0 aliphatic rings. The van der Waals surface area contributed by atoms with Crippen molar-refractivity contribution >= 4 is 64.7 Å². The fraction of sp³-hybridized carbons (Fsp3) is 0.0698. The van der Waals surface area contributed by atoms with Crippen molar-refractivity contribution in [2.24, 2.45) is 0 Å². The van der Waals surface area contributed by atoms with Gasteiger partial charge in [0.05, 0.1) is 55.7 Å². The Morgan fingerprint density at radius 1 is 0.508 bits per heavy atom. The molecule has 17 nitrogen and oxygen atoms in total. The van der Waals surface area contributed by atoms with Crippen LogP contribution in [-0.4, -0.2) is 47.4 Å². The van der Waals surface area contributed by atoms with Gasteiger partial charge in [0, 0.05) is 4.90 Å². The topological polar surface area (TPSA) is 237 Å². The van der Waals surface area contributed by atoms with Gasteiger partial charge in [-0.15, -0.1) is 8.67 Å². The van der Waals surface area contributed by atoms with Crippen molar-refractivity contribution in [3.8, 4) is 34.5 Å². The van der Waals surface area contributed by atoms with Crippen LogP contribution in [0.4, 0.5) is 0 Å². The van der Waals surface area contributed by atoms with Gasteiger partial charge in [-0.25, -0.2) is 27.4 Å². The Morgan fingerprint density at radius 2 is 1.05 bits per heavy atom. The van der Waals surface area contributed by atoms with Gasteiger partial charge in [-0.1, -0.05) is 40.4 Å². The lowest BCUT2D eigenvalue weighted by Gasteiger charge is -2.15. The zero-order chi connectivity index (χ0) is 46.4. The zero-order valence-electron chi connectivity index (χ0n) is 33.6. The summed E-state index contributed by atoms with van der Waals surface area (Å²) in [6.45, 7) is 1.60. The zero-order valence-corrected chi connectivity index (χ0v) is 37.7. The van der Waals surface area contributed by atoms with Crippen LogP contribution in [0.1, 0.15) is 11.1 Å². The second kappa shape index (κ2) is 20.2. The third-order valence-electron chi connectivity index (χ3n) is 9.44. The number of fused-ring (bicyclic) bond motifs is 1. The number of hydrogen-bond donors (Lipinski definition) is 3. The number of hydrogen-bond acceptors (Lipinski definition) is 18. The molecule has 0 fully saturated rings. The summed E-state index contributed by atoms with van der Waals surface area (Å²) in [6.07, 6.45) is 0. The number of aryl methyl sites for hydroxylation is 1. The Bertz CT molecular complexity index is 3180. The van der Waals surface area contributed by atoms with Crippen LogP contribution >= 0.6 is 24.1 Å².